The number of anilines is 1. The fourth-order valence-corrected chi connectivity index (χ4v) is 2.95. The first-order chi connectivity index (χ1) is 15.0. The predicted molar refractivity (Wildman–Crippen MR) is 120 cm³/mol. The van der Waals surface area contributed by atoms with Crippen LogP contribution in [0, 0.1) is 6.92 Å². The van der Waals surface area contributed by atoms with Crippen molar-refractivity contribution in [1.82, 2.24) is 5.43 Å². The van der Waals surface area contributed by atoms with Crippen LogP contribution in [0.25, 0.3) is 0 Å². The second-order valence-electron chi connectivity index (χ2n) is 6.62. The summed E-state index contributed by atoms with van der Waals surface area (Å²) < 4.78 is 10.5. The Morgan fingerprint density at radius 1 is 0.871 bits per heavy atom. The number of hydrogen-bond donors (Lipinski definition) is 2. The summed E-state index contributed by atoms with van der Waals surface area (Å²) in [6.45, 7) is 1.86. The number of amides is 2. The molecule has 7 heteroatoms. The average Bonchev–Trinajstić information content (AvgIpc) is 2.79. The number of benzene rings is 3. The van der Waals surface area contributed by atoms with Gasteiger partial charge in [0, 0.05) is 17.2 Å². The highest BCUT2D eigenvalue weighted by molar-refractivity contribution is 6.09. The van der Waals surface area contributed by atoms with Crippen LogP contribution < -0.4 is 20.2 Å². The molecule has 0 unspecified atom stereocenters. The Balaban J connectivity index is 1.74. The lowest BCUT2D eigenvalue weighted by molar-refractivity contribution is 0.0956. The number of ether oxygens (including phenoxy) is 2. The number of hydrazone groups is 1. The Morgan fingerprint density at radius 3 is 2.29 bits per heavy atom. The van der Waals surface area contributed by atoms with E-state index in [2.05, 4.69) is 15.8 Å². The Kier molecular flexibility index (Phi) is 7.01. The van der Waals surface area contributed by atoms with Crippen molar-refractivity contribution < 1.29 is 19.1 Å². The molecular formula is C24H23N3O4. The third-order valence-electron chi connectivity index (χ3n) is 4.62. The van der Waals surface area contributed by atoms with Gasteiger partial charge in [-0.3, -0.25) is 9.59 Å². The number of rotatable bonds is 7. The van der Waals surface area contributed by atoms with E-state index >= 15 is 0 Å². The Hall–Kier alpha value is -4.13. The minimum atomic E-state index is -0.454. The van der Waals surface area contributed by atoms with Gasteiger partial charge < -0.3 is 14.8 Å². The lowest BCUT2D eigenvalue weighted by atomic mass is 10.1. The van der Waals surface area contributed by atoms with Gasteiger partial charge in [0.05, 0.1) is 31.7 Å². The maximum atomic E-state index is 12.7. The molecule has 2 N–H and O–H groups in total. The van der Waals surface area contributed by atoms with E-state index in [1.54, 1.807) is 61.7 Å². The number of carbonyl (C=O) groups excluding carboxylic acids is 2. The van der Waals surface area contributed by atoms with Crippen molar-refractivity contribution in [3.8, 4) is 11.5 Å². The van der Waals surface area contributed by atoms with Gasteiger partial charge in [-0.2, -0.15) is 5.10 Å². The zero-order chi connectivity index (χ0) is 22.2. The summed E-state index contributed by atoms with van der Waals surface area (Å²) in [5, 5.41) is 6.82. The van der Waals surface area contributed by atoms with Crippen molar-refractivity contribution in [2.45, 2.75) is 6.92 Å². The normalized spacial score (nSPS) is 10.5. The van der Waals surface area contributed by atoms with Crippen LogP contribution in [0.4, 0.5) is 5.69 Å². The van der Waals surface area contributed by atoms with Gasteiger partial charge >= 0.3 is 0 Å². The Bertz CT molecular complexity index is 1130. The molecule has 158 valence electrons. The molecule has 0 heterocycles. The summed E-state index contributed by atoms with van der Waals surface area (Å²) >= 11 is 0. The van der Waals surface area contributed by atoms with E-state index in [-0.39, 0.29) is 5.91 Å². The van der Waals surface area contributed by atoms with Gasteiger partial charge in [0.2, 0.25) is 0 Å². The summed E-state index contributed by atoms with van der Waals surface area (Å²) in [5.41, 5.74) is 5.24. The molecule has 0 spiro atoms. The molecule has 7 nitrogen and oxygen atoms in total. The second kappa shape index (κ2) is 10.1. The molecule has 3 rings (SSSR count). The zero-order valence-electron chi connectivity index (χ0n) is 17.5. The topological polar surface area (TPSA) is 89.0 Å². The molecule has 0 fully saturated rings. The van der Waals surface area contributed by atoms with E-state index in [0.717, 1.165) is 5.56 Å². The first-order valence-corrected chi connectivity index (χ1v) is 9.55. The highest BCUT2D eigenvalue weighted by Crippen LogP contribution is 2.23. The Morgan fingerprint density at radius 2 is 1.58 bits per heavy atom. The number of carbonyl (C=O) groups is 2. The van der Waals surface area contributed by atoms with Crippen molar-refractivity contribution in [1.29, 1.82) is 0 Å². The molecule has 0 aliphatic heterocycles. The summed E-state index contributed by atoms with van der Waals surface area (Å²) in [6.07, 6.45) is 1.48. The summed E-state index contributed by atoms with van der Waals surface area (Å²) in [7, 11) is 3.11. The summed E-state index contributed by atoms with van der Waals surface area (Å²) in [6, 6.07) is 19.3. The van der Waals surface area contributed by atoms with Gasteiger partial charge in [0.25, 0.3) is 11.8 Å². The monoisotopic (exact) mass is 417 g/mol. The predicted octanol–water partition coefficient (Wildman–Crippen LogP) is 4.03. The fourth-order valence-electron chi connectivity index (χ4n) is 2.95. The van der Waals surface area contributed by atoms with Gasteiger partial charge in [-0.1, -0.05) is 30.3 Å². The quantitative estimate of drug-likeness (QED) is 0.449. The van der Waals surface area contributed by atoms with Crippen molar-refractivity contribution in [2.24, 2.45) is 5.10 Å². The first-order valence-electron chi connectivity index (χ1n) is 9.55. The van der Waals surface area contributed by atoms with Gasteiger partial charge in [-0.25, -0.2) is 5.43 Å². The highest BCUT2D eigenvalue weighted by atomic mass is 16.5. The summed E-state index contributed by atoms with van der Waals surface area (Å²) in [4.78, 5) is 25.3. The SMILES string of the molecule is COc1ccc(C=NNC(=O)c2ccccc2NC(=O)c2ccccc2C)c(OC)c1. The average molecular weight is 417 g/mol. The largest absolute Gasteiger partial charge is 0.497 e. The van der Waals surface area contributed by atoms with Crippen LogP contribution in [0.5, 0.6) is 11.5 Å². The molecule has 0 saturated carbocycles. The number of aryl methyl sites for hydroxylation is 1. The minimum Gasteiger partial charge on any atom is -0.497 e. The van der Waals surface area contributed by atoms with Crippen LogP contribution in [0.15, 0.2) is 71.8 Å². The van der Waals surface area contributed by atoms with Gasteiger partial charge in [0.1, 0.15) is 11.5 Å². The minimum absolute atomic E-state index is 0.287. The van der Waals surface area contributed by atoms with E-state index in [0.29, 0.717) is 33.9 Å². The molecule has 31 heavy (non-hydrogen) atoms. The molecule has 0 radical (unpaired) electrons. The molecule has 2 amide bonds. The van der Waals surface area contributed by atoms with E-state index in [1.807, 2.05) is 19.1 Å². The zero-order valence-corrected chi connectivity index (χ0v) is 17.5. The fraction of sp³-hybridized carbons (Fsp3) is 0.125. The van der Waals surface area contributed by atoms with Crippen LogP contribution in [-0.4, -0.2) is 32.2 Å². The standard InChI is InChI=1S/C24H23N3O4/c1-16-8-4-5-9-19(16)23(28)26-21-11-7-6-10-20(21)24(29)27-25-15-17-12-13-18(30-2)14-22(17)31-3/h4-15H,1-3H3,(H,26,28)(H,27,29). The van der Waals surface area contributed by atoms with Crippen LogP contribution in [-0.2, 0) is 0 Å². The van der Waals surface area contributed by atoms with Crippen LogP contribution in [0.3, 0.4) is 0 Å². The molecule has 0 saturated heterocycles. The molecule has 0 aliphatic carbocycles. The van der Waals surface area contributed by atoms with Crippen molar-refractivity contribution in [3.05, 3.63) is 89.0 Å². The van der Waals surface area contributed by atoms with Gasteiger partial charge in [-0.15, -0.1) is 0 Å². The first kappa shape index (κ1) is 21.6. The molecule has 0 bridgehead atoms. The summed E-state index contributed by atoms with van der Waals surface area (Å²) in [5.74, 6) is 0.467. The van der Waals surface area contributed by atoms with Crippen molar-refractivity contribution in [2.75, 3.05) is 19.5 Å². The third-order valence-corrected chi connectivity index (χ3v) is 4.62. The molecule has 0 atom stereocenters. The number of methoxy groups -OCH3 is 2. The number of para-hydroxylation sites is 1. The van der Waals surface area contributed by atoms with E-state index < -0.39 is 5.91 Å². The van der Waals surface area contributed by atoms with Crippen LogP contribution >= 0.6 is 0 Å². The lowest BCUT2D eigenvalue weighted by Gasteiger charge is -2.11. The second-order valence-corrected chi connectivity index (χ2v) is 6.62. The van der Waals surface area contributed by atoms with Gasteiger partial charge in [-0.05, 0) is 42.8 Å². The number of nitrogens with zero attached hydrogens (tertiary/aromatic N) is 1. The molecule has 3 aromatic carbocycles. The highest BCUT2D eigenvalue weighted by Gasteiger charge is 2.15. The van der Waals surface area contributed by atoms with E-state index in [9.17, 15) is 9.59 Å². The van der Waals surface area contributed by atoms with Gasteiger partial charge in [0.15, 0.2) is 0 Å². The number of nitrogens with one attached hydrogen (secondary N) is 2. The van der Waals surface area contributed by atoms with E-state index in [1.165, 1.54) is 13.3 Å². The van der Waals surface area contributed by atoms with Crippen LogP contribution in [0.1, 0.15) is 31.8 Å². The molecular weight excluding hydrogens is 394 g/mol. The third kappa shape index (κ3) is 5.27. The smallest absolute Gasteiger partial charge is 0.273 e. The lowest BCUT2D eigenvalue weighted by Crippen LogP contribution is -2.21. The Labute approximate surface area is 180 Å². The maximum absolute atomic E-state index is 12.7. The number of hydrogen-bond acceptors (Lipinski definition) is 5. The van der Waals surface area contributed by atoms with Crippen molar-refractivity contribution >= 4 is 23.7 Å². The maximum Gasteiger partial charge on any atom is 0.273 e. The van der Waals surface area contributed by atoms with E-state index in [4.69, 9.17) is 9.47 Å². The molecule has 0 aromatic heterocycles. The van der Waals surface area contributed by atoms with Crippen molar-refractivity contribution in [3.63, 3.8) is 0 Å². The molecule has 3 aromatic rings. The van der Waals surface area contributed by atoms with Crippen LogP contribution in [0.2, 0.25) is 0 Å². The molecule has 0 aliphatic rings.